The molecular weight excluding hydrogens is 314 g/mol. The molecule has 1 N–H and O–H groups in total. The predicted octanol–water partition coefficient (Wildman–Crippen LogP) is 3.08. The Balaban J connectivity index is 1.91. The van der Waals surface area contributed by atoms with Crippen molar-refractivity contribution in [2.75, 3.05) is 18.9 Å². The van der Waals surface area contributed by atoms with Gasteiger partial charge in [-0.15, -0.1) is 0 Å². The third kappa shape index (κ3) is 5.01. The molecule has 124 valence electrons. The number of rotatable bonds is 5. The van der Waals surface area contributed by atoms with E-state index in [0.29, 0.717) is 5.69 Å². The van der Waals surface area contributed by atoms with E-state index in [1.54, 1.807) is 18.2 Å². The Morgan fingerprint density at radius 3 is 2.58 bits per heavy atom. The topological polar surface area (TPSA) is 49.4 Å². The molecule has 0 aliphatic rings. The lowest BCUT2D eigenvalue weighted by molar-refractivity contribution is -0.129. The maximum Gasteiger partial charge on any atom is 0.246 e. The number of hydrogen-bond donors (Lipinski definition) is 1. The summed E-state index contributed by atoms with van der Waals surface area (Å²) in [5.41, 5.74) is 0.589. The van der Waals surface area contributed by atoms with Gasteiger partial charge in [-0.2, -0.15) is 0 Å². The van der Waals surface area contributed by atoms with Gasteiger partial charge in [-0.25, -0.2) is 8.78 Å². The zero-order valence-electron chi connectivity index (χ0n) is 13.0. The van der Waals surface area contributed by atoms with Crippen LogP contribution >= 0.6 is 0 Å². The molecule has 2 aromatic carbocycles. The van der Waals surface area contributed by atoms with Gasteiger partial charge in [0, 0.05) is 24.4 Å². The molecule has 2 rings (SSSR count). The molecule has 4 nitrogen and oxygen atoms in total. The standard InChI is InChI=1S/C18H16F2N2O2/c1-22(12-17(23)21-15-7-4-6-14(19)11-15)18(24)10-9-13-5-2-3-8-16(13)20/h2-11H,12H2,1H3,(H,21,23)/b10-9+. The number of nitrogens with zero attached hydrogens (tertiary/aromatic N) is 1. The van der Waals surface area contributed by atoms with E-state index in [1.807, 2.05) is 0 Å². The summed E-state index contributed by atoms with van der Waals surface area (Å²) >= 11 is 0. The Labute approximate surface area is 138 Å². The predicted molar refractivity (Wildman–Crippen MR) is 88.1 cm³/mol. The van der Waals surface area contributed by atoms with Crippen molar-refractivity contribution >= 4 is 23.6 Å². The van der Waals surface area contributed by atoms with Gasteiger partial charge < -0.3 is 10.2 Å². The van der Waals surface area contributed by atoms with Gasteiger partial charge in [0.05, 0.1) is 6.54 Å². The highest BCUT2D eigenvalue weighted by atomic mass is 19.1. The van der Waals surface area contributed by atoms with Gasteiger partial charge in [0.2, 0.25) is 11.8 Å². The fraction of sp³-hybridized carbons (Fsp3) is 0.111. The summed E-state index contributed by atoms with van der Waals surface area (Å²) in [5, 5.41) is 2.49. The third-order valence-corrected chi connectivity index (χ3v) is 3.18. The van der Waals surface area contributed by atoms with Crippen molar-refractivity contribution in [2.45, 2.75) is 0 Å². The van der Waals surface area contributed by atoms with E-state index >= 15 is 0 Å². The minimum atomic E-state index is -0.468. The van der Waals surface area contributed by atoms with Gasteiger partial charge in [-0.3, -0.25) is 9.59 Å². The molecule has 0 saturated heterocycles. The van der Waals surface area contributed by atoms with Crippen LogP contribution in [0.15, 0.2) is 54.6 Å². The van der Waals surface area contributed by atoms with Crippen LogP contribution in [-0.4, -0.2) is 30.3 Å². The third-order valence-electron chi connectivity index (χ3n) is 3.18. The fourth-order valence-corrected chi connectivity index (χ4v) is 1.96. The van der Waals surface area contributed by atoms with E-state index in [4.69, 9.17) is 0 Å². The van der Waals surface area contributed by atoms with Crippen LogP contribution in [0.1, 0.15) is 5.56 Å². The van der Waals surface area contributed by atoms with Crippen LogP contribution in [0, 0.1) is 11.6 Å². The van der Waals surface area contributed by atoms with Crippen molar-refractivity contribution in [2.24, 2.45) is 0 Å². The average molecular weight is 330 g/mol. The quantitative estimate of drug-likeness (QED) is 0.857. The van der Waals surface area contributed by atoms with Gasteiger partial charge in [0.1, 0.15) is 11.6 Å². The van der Waals surface area contributed by atoms with Crippen LogP contribution in [-0.2, 0) is 9.59 Å². The highest BCUT2D eigenvalue weighted by molar-refractivity contribution is 5.97. The second-order valence-electron chi connectivity index (χ2n) is 5.11. The molecule has 0 aromatic heterocycles. The maximum atomic E-state index is 13.5. The number of nitrogens with one attached hydrogen (secondary N) is 1. The number of benzene rings is 2. The first-order valence-corrected chi connectivity index (χ1v) is 7.19. The van der Waals surface area contributed by atoms with Gasteiger partial charge in [0.25, 0.3) is 0 Å². The molecular formula is C18H16F2N2O2. The summed E-state index contributed by atoms with van der Waals surface area (Å²) in [7, 11) is 1.44. The molecule has 0 aliphatic heterocycles. The summed E-state index contributed by atoms with van der Waals surface area (Å²) < 4.78 is 26.5. The number of hydrogen-bond acceptors (Lipinski definition) is 2. The van der Waals surface area contributed by atoms with Crippen LogP contribution in [0.25, 0.3) is 6.08 Å². The van der Waals surface area contributed by atoms with Crippen molar-refractivity contribution in [1.29, 1.82) is 0 Å². The van der Waals surface area contributed by atoms with Crippen LogP contribution in [0.4, 0.5) is 14.5 Å². The Kier molecular flexibility index (Phi) is 5.78. The van der Waals surface area contributed by atoms with E-state index in [-0.39, 0.29) is 12.1 Å². The molecule has 0 atom stereocenters. The highest BCUT2D eigenvalue weighted by Gasteiger charge is 2.11. The fourth-order valence-electron chi connectivity index (χ4n) is 1.96. The normalized spacial score (nSPS) is 10.6. The van der Waals surface area contributed by atoms with Crippen molar-refractivity contribution in [3.63, 3.8) is 0 Å². The molecule has 2 aromatic rings. The van der Waals surface area contributed by atoms with E-state index in [1.165, 1.54) is 54.4 Å². The van der Waals surface area contributed by atoms with E-state index in [0.717, 1.165) is 0 Å². The number of carbonyl (C=O) groups is 2. The maximum absolute atomic E-state index is 13.5. The summed E-state index contributed by atoms with van der Waals surface area (Å²) in [6.45, 7) is -0.211. The number of likely N-dealkylation sites (N-methyl/N-ethyl adjacent to an activating group) is 1. The largest absolute Gasteiger partial charge is 0.333 e. The molecule has 0 saturated carbocycles. The minimum absolute atomic E-state index is 0.211. The lowest BCUT2D eigenvalue weighted by atomic mass is 10.2. The van der Waals surface area contributed by atoms with Crippen LogP contribution < -0.4 is 5.32 Å². The minimum Gasteiger partial charge on any atom is -0.333 e. The first-order chi connectivity index (χ1) is 11.5. The Bertz CT molecular complexity index is 775. The molecule has 0 aliphatic carbocycles. The average Bonchev–Trinajstić information content (AvgIpc) is 2.53. The van der Waals surface area contributed by atoms with Gasteiger partial charge in [0.15, 0.2) is 0 Å². The van der Waals surface area contributed by atoms with Crippen LogP contribution in [0.2, 0.25) is 0 Å². The summed E-state index contributed by atoms with van der Waals surface area (Å²) in [5.74, 6) is -1.82. The molecule has 0 unspecified atom stereocenters. The van der Waals surface area contributed by atoms with E-state index < -0.39 is 23.4 Å². The van der Waals surface area contributed by atoms with Gasteiger partial charge in [-0.1, -0.05) is 24.3 Å². The van der Waals surface area contributed by atoms with Crippen LogP contribution in [0.5, 0.6) is 0 Å². The van der Waals surface area contributed by atoms with Crippen molar-refractivity contribution in [1.82, 2.24) is 4.90 Å². The van der Waals surface area contributed by atoms with Crippen molar-refractivity contribution in [3.05, 3.63) is 71.8 Å². The SMILES string of the molecule is CN(CC(=O)Nc1cccc(F)c1)C(=O)/C=C/c1ccccc1F. The van der Waals surface area contributed by atoms with Gasteiger partial charge >= 0.3 is 0 Å². The lowest BCUT2D eigenvalue weighted by Gasteiger charge is -2.14. The number of halogens is 2. The Morgan fingerprint density at radius 2 is 1.88 bits per heavy atom. The zero-order valence-corrected chi connectivity index (χ0v) is 13.0. The number of carbonyl (C=O) groups excluding carboxylic acids is 2. The monoisotopic (exact) mass is 330 g/mol. The van der Waals surface area contributed by atoms with E-state index in [2.05, 4.69) is 5.32 Å². The Morgan fingerprint density at radius 1 is 1.12 bits per heavy atom. The number of anilines is 1. The second-order valence-corrected chi connectivity index (χ2v) is 5.11. The lowest BCUT2D eigenvalue weighted by Crippen LogP contribution is -2.33. The molecule has 6 heteroatoms. The van der Waals surface area contributed by atoms with Crippen molar-refractivity contribution in [3.8, 4) is 0 Å². The van der Waals surface area contributed by atoms with Crippen molar-refractivity contribution < 1.29 is 18.4 Å². The smallest absolute Gasteiger partial charge is 0.246 e. The zero-order chi connectivity index (χ0) is 17.5. The van der Waals surface area contributed by atoms with Crippen LogP contribution in [0.3, 0.4) is 0 Å². The summed E-state index contributed by atoms with van der Waals surface area (Å²) in [6.07, 6.45) is 2.53. The molecule has 0 spiro atoms. The molecule has 0 bridgehead atoms. The molecule has 2 amide bonds. The first-order valence-electron chi connectivity index (χ1n) is 7.19. The first kappa shape index (κ1) is 17.3. The molecule has 0 radical (unpaired) electrons. The van der Waals surface area contributed by atoms with Gasteiger partial charge in [-0.05, 0) is 30.3 Å². The molecule has 0 fully saturated rings. The second kappa shape index (κ2) is 8.01. The Hall–Kier alpha value is -3.02. The van der Waals surface area contributed by atoms with E-state index in [9.17, 15) is 18.4 Å². The summed E-state index contributed by atoms with van der Waals surface area (Å²) in [4.78, 5) is 25.0. The molecule has 24 heavy (non-hydrogen) atoms. The summed E-state index contributed by atoms with van der Waals surface area (Å²) in [6, 6.07) is 11.5. The number of amides is 2. The molecule has 0 heterocycles. The highest BCUT2D eigenvalue weighted by Crippen LogP contribution is 2.10.